The van der Waals surface area contributed by atoms with Crippen molar-refractivity contribution in [2.75, 3.05) is 0 Å². The van der Waals surface area contributed by atoms with Gasteiger partial charge in [0.05, 0.1) is 0 Å². The zero-order chi connectivity index (χ0) is 6.85. The number of aromatic nitrogens is 1. The molecule has 9 heavy (non-hydrogen) atoms. The minimum atomic E-state index is 0.909. The number of pyridine rings is 1. The van der Waals surface area contributed by atoms with Gasteiger partial charge in [0.2, 0.25) is 0 Å². The van der Waals surface area contributed by atoms with Crippen LogP contribution < -0.4 is 0 Å². The molecule has 1 heterocycles. The van der Waals surface area contributed by atoms with Crippen LogP contribution in [0.4, 0.5) is 0 Å². The molecule has 0 fully saturated rings. The summed E-state index contributed by atoms with van der Waals surface area (Å²) in [5, 5.41) is 0. The second-order valence-electron chi connectivity index (χ2n) is 1.79. The van der Waals surface area contributed by atoms with Gasteiger partial charge in [-0.05, 0) is 63.1 Å². The van der Waals surface area contributed by atoms with Gasteiger partial charge in [-0.15, -0.1) is 0 Å². The van der Waals surface area contributed by atoms with E-state index in [0.29, 0.717) is 0 Å². The maximum Gasteiger partial charge on any atom is 0.107 e. The van der Waals surface area contributed by atoms with Crippen LogP contribution in [0.25, 0.3) is 0 Å². The van der Waals surface area contributed by atoms with Crippen LogP contribution in [0.5, 0.6) is 0 Å². The van der Waals surface area contributed by atoms with Crippen LogP contribution in [0.15, 0.2) is 16.7 Å². The summed E-state index contributed by atoms with van der Waals surface area (Å²) in [6, 6.07) is 4.02. The molecular weight excluding hydrogens is 293 g/mol. The molecule has 0 aromatic carbocycles. The summed E-state index contributed by atoms with van der Waals surface area (Å²) in [5.74, 6) is 0. The van der Waals surface area contributed by atoms with Gasteiger partial charge < -0.3 is 0 Å². The van der Waals surface area contributed by atoms with Gasteiger partial charge in [0.1, 0.15) is 8.30 Å². The van der Waals surface area contributed by atoms with Gasteiger partial charge in [0.15, 0.2) is 0 Å². The molecule has 1 rings (SSSR count). The van der Waals surface area contributed by atoms with Gasteiger partial charge >= 0.3 is 0 Å². The maximum absolute atomic E-state index is 4.14. The van der Waals surface area contributed by atoms with E-state index in [1.54, 1.807) is 0 Å². The highest BCUT2D eigenvalue weighted by atomic mass is 127. The van der Waals surface area contributed by atoms with E-state index in [0.717, 1.165) is 8.30 Å². The predicted octanol–water partition coefficient (Wildman–Crippen LogP) is 2.76. The fourth-order valence-electron chi connectivity index (χ4n) is 0.584. The zero-order valence-corrected chi connectivity index (χ0v) is 8.60. The predicted molar refractivity (Wildman–Crippen MR) is 49.4 cm³/mol. The van der Waals surface area contributed by atoms with Crippen molar-refractivity contribution in [3.63, 3.8) is 0 Å². The first-order valence-corrected chi connectivity index (χ1v) is 4.35. The second kappa shape index (κ2) is 2.96. The Morgan fingerprint density at radius 2 is 2.22 bits per heavy atom. The molecule has 0 amide bonds. The van der Waals surface area contributed by atoms with E-state index < -0.39 is 0 Å². The molecule has 3 heteroatoms. The van der Waals surface area contributed by atoms with E-state index in [1.165, 1.54) is 5.56 Å². The molecule has 0 aliphatic rings. The lowest BCUT2D eigenvalue weighted by Crippen LogP contribution is -1.81. The summed E-state index contributed by atoms with van der Waals surface area (Å²) in [6.07, 6.45) is 0. The molecular formula is C6H5BrIN. The number of nitrogens with zero attached hydrogens (tertiary/aromatic N) is 1. The Kier molecular flexibility index (Phi) is 2.46. The lowest BCUT2D eigenvalue weighted by Gasteiger charge is -1.93. The normalized spacial score (nSPS) is 9.67. The summed E-state index contributed by atoms with van der Waals surface area (Å²) in [7, 11) is 0. The molecule has 0 N–H and O–H groups in total. The minimum absolute atomic E-state index is 0.909. The van der Waals surface area contributed by atoms with Crippen molar-refractivity contribution >= 4 is 38.5 Å². The highest BCUT2D eigenvalue weighted by molar-refractivity contribution is 14.1. The summed E-state index contributed by atoms with van der Waals surface area (Å²) in [5.41, 5.74) is 1.24. The summed E-state index contributed by atoms with van der Waals surface area (Å²) in [4.78, 5) is 4.14. The third-order valence-electron chi connectivity index (χ3n) is 0.907. The number of aryl methyl sites for hydroxylation is 1. The van der Waals surface area contributed by atoms with Crippen molar-refractivity contribution in [3.8, 4) is 0 Å². The van der Waals surface area contributed by atoms with E-state index in [1.807, 2.05) is 12.1 Å². The molecule has 1 nitrogen and oxygen atoms in total. The molecule has 0 atom stereocenters. The van der Waals surface area contributed by atoms with E-state index >= 15 is 0 Å². The Balaban J connectivity index is 3.17. The molecule has 1 aromatic rings. The highest BCUT2D eigenvalue weighted by Crippen LogP contribution is 2.11. The van der Waals surface area contributed by atoms with Crippen molar-refractivity contribution < 1.29 is 0 Å². The average molecular weight is 298 g/mol. The fourth-order valence-corrected chi connectivity index (χ4v) is 2.22. The van der Waals surface area contributed by atoms with Gasteiger partial charge in [0.25, 0.3) is 0 Å². The molecule has 0 saturated heterocycles. The monoisotopic (exact) mass is 297 g/mol. The molecule has 0 unspecified atom stereocenters. The first kappa shape index (κ1) is 7.47. The molecule has 0 aliphatic heterocycles. The SMILES string of the molecule is Cc1cc(Br)nc(I)c1. The van der Waals surface area contributed by atoms with Crippen LogP contribution in [0.3, 0.4) is 0 Å². The van der Waals surface area contributed by atoms with Gasteiger partial charge in [0, 0.05) is 0 Å². The average Bonchev–Trinajstić information content (AvgIpc) is 1.59. The lowest BCUT2D eigenvalue weighted by atomic mass is 10.3. The minimum Gasteiger partial charge on any atom is -0.235 e. The summed E-state index contributed by atoms with van der Waals surface area (Å²) in [6.45, 7) is 2.05. The molecule has 0 bridgehead atoms. The molecule has 1 aromatic heterocycles. The van der Waals surface area contributed by atoms with Crippen molar-refractivity contribution in [1.82, 2.24) is 4.98 Å². The smallest absolute Gasteiger partial charge is 0.107 e. The Bertz CT molecular complexity index is 174. The maximum atomic E-state index is 4.14. The van der Waals surface area contributed by atoms with Gasteiger partial charge in [-0.25, -0.2) is 4.98 Å². The van der Waals surface area contributed by atoms with Gasteiger partial charge in [-0.3, -0.25) is 0 Å². The van der Waals surface area contributed by atoms with E-state index in [2.05, 4.69) is 50.4 Å². The van der Waals surface area contributed by atoms with Gasteiger partial charge in [-0.1, -0.05) is 0 Å². The number of hydrogen-bond donors (Lipinski definition) is 0. The molecule has 48 valence electrons. The summed E-state index contributed by atoms with van der Waals surface area (Å²) >= 11 is 5.49. The zero-order valence-electron chi connectivity index (χ0n) is 4.86. The largest absolute Gasteiger partial charge is 0.235 e. The highest BCUT2D eigenvalue weighted by Gasteiger charge is 1.91. The Morgan fingerprint density at radius 1 is 1.56 bits per heavy atom. The van der Waals surface area contributed by atoms with Crippen LogP contribution in [0, 0.1) is 10.6 Å². The molecule has 0 spiro atoms. The number of hydrogen-bond acceptors (Lipinski definition) is 1. The first-order chi connectivity index (χ1) is 4.18. The topological polar surface area (TPSA) is 12.9 Å². The molecule has 0 aliphatic carbocycles. The Hall–Kier alpha value is 0.360. The van der Waals surface area contributed by atoms with Gasteiger partial charge in [-0.2, -0.15) is 0 Å². The Morgan fingerprint density at radius 3 is 2.67 bits per heavy atom. The number of halogens is 2. The van der Waals surface area contributed by atoms with Crippen LogP contribution >= 0.6 is 38.5 Å². The van der Waals surface area contributed by atoms with E-state index in [9.17, 15) is 0 Å². The van der Waals surface area contributed by atoms with Crippen molar-refractivity contribution in [3.05, 3.63) is 26.0 Å². The van der Waals surface area contributed by atoms with Crippen LogP contribution in [0.2, 0.25) is 0 Å². The third-order valence-corrected chi connectivity index (χ3v) is 1.87. The molecule has 0 radical (unpaired) electrons. The van der Waals surface area contributed by atoms with Crippen LogP contribution in [-0.2, 0) is 0 Å². The van der Waals surface area contributed by atoms with E-state index in [-0.39, 0.29) is 0 Å². The van der Waals surface area contributed by atoms with Crippen molar-refractivity contribution in [2.24, 2.45) is 0 Å². The van der Waals surface area contributed by atoms with Crippen LogP contribution in [-0.4, -0.2) is 4.98 Å². The third kappa shape index (κ3) is 2.21. The summed E-state index contributed by atoms with van der Waals surface area (Å²) < 4.78 is 1.94. The lowest BCUT2D eigenvalue weighted by molar-refractivity contribution is 1.20. The van der Waals surface area contributed by atoms with Crippen molar-refractivity contribution in [1.29, 1.82) is 0 Å². The quantitative estimate of drug-likeness (QED) is 0.530. The fraction of sp³-hybridized carbons (Fsp3) is 0.167. The standard InChI is InChI=1S/C6H5BrIN/c1-4-2-5(7)9-6(8)3-4/h2-3H,1H3. The van der Waals surface area contributed by atoms with Crippen molar-refractivity contribution in [2.45, 2.75) is 6.92 Å². The van der Waals surface area contributed by atoms with E-state index in [4.69, 9.17) is 0 Å². The molecule has 0 saturated carbocycles. The second-order valence-corrected chi connectivity index (χ2v) is 3.71. The Labute approximate surface area is 76.1 Å². The first-order valence-electron chi connectivity index (χ1n) is 2.48. The number of rotatable bonds is 0. The van der Waals surface area contributed by atoms with Crippen LogP contribution in [0.1, 0.15) is 5.56 Å².